The number of urea groups is 1. The Labute approximate surface area is 120 Å². The van der Waals surface area contributed by atoms with E-state index in [1.807, 2.05) is 25.1 Å². The van der Waals surface area contributed by atoms with Gasteiger partial charge in [-0.25, -0.2) is 4.79 Å². The van der Waals surface area contributed by atoms with Gasteiger partial charge in [0.2, 0.25) is 0 Å². The number of hydrogen-bond acceptors (Lipinski definition) is 3. The fourth-order valence-corrected chi connectivity index (χ4v) is 2.71. The molecule has 2 atom stereocenters. The Morgan fingerprint density at radius 2 is 2.35 bits per heavy atom. The molecule has 2 unspecified atom stereocenters. The molecule has 0 aliphatic carbocycles. The van der Waals surface area contributed by atoms with Gasteiger partial charge in [0.25, 0.3) is 0 Å². The van der Waals surface area contributed by atoms with Crippen LogP contribution in [0.3, 0.4) is 0 Å². The van der Waals surface area contributed by atoms with E-state index in [-0.39, 0.29) is 12.1 Å². The molecule has 2 heterocycles. The summed E-state index contributed by atoms with van der Waals surface area (Å²) < 4.78 is 1.75. The minimum Gasteiger partial charge on any atom is -0.331 e. The van der Waals surface area contributed by atoms with Gasteiger partial charge in [0, 0.05) is 38.4 Å². The molecule has 112 valence electrons. The number of nitrogens with one attached hydrogen (secondary N) is 1. The van der Waals surface area contributed by atoms with E-state index in [2.05, 4.69) is 29.4 Å². The Balaban J connectivity index is 1.83. The zero-order valence-corrected chi connectivity index (χ0v) is 12.8. The molecule has 1 saturated heterocycles. The van der Waals surface area contributed by atoms with E-state index in [0.717, 1.165) is 31.6 Å². The lowest BCUT2D eigenvalue weighted by atomic mass is 10.1. The Morgan fingerprint density at radius 1 is 1.60 bits per heavy atom. The van der Waals surface area contributed by atoms with Crippen molar-refractivity contribution < 1.29 is 4.79 Å². The summed E-state index contributed by atoms with van der Waals surface area (Å²) in [7, 11) is 6.03. The average molecular weight is 279 g/mol. The lowest BCUT2D eigenvalue weighted by Crippen LogP contribution is -2.40. The van der Waals surface area contributed by atoms with E-state index in [1.165, 1.54) is 0 Å². The van der Waals surface area contributed by atoms with Gasteiger partial charge in [0.15, 0.2) is 0 Å². The highest BCUT2D eigenvalue weighted by molar-refractivity contribution is 5.75. The fourth-order valence-electron chi connectivity index (χ4n) is 2.71. The Morgan fingerprint density at radius 3 is 2.95 bits per heavy atom. The number of rotatable bonds is 4. The molecule has 0 aromatic carbocycles. The molecule has 0 bridgehead atoms. The first-order valence-electron chi connectivity index (χ1n) is 7.14. The van der Waals surface area contributed by atoms with Gasteiger partial charge in [-0.15, -0.1) is 0 Å². The quantitative estimate of drug-likeness (QED) is 0.897. The van der Waals surface area contributed by atoms with Crippen molar-refractivity contribution in [1.82, 2.24) is 24.9 Å². The summed E-state index contributed by atoms with van der Waals surface area (Å²) in [6.45, 7) is 4.73. The summed E-state index contributed by atoms with van der Waals surface area (Å²) in [6.07, 6.45) is 4.82. The van der Waals surface area contributed by atoms with Crippen molar-refractivity contribution in [2.45, 2.75) is 19.4 Å². The average Bonchev–Trinajstić information content (AvgIpc) is 2.97. The van der Waals surface area contributed by atoms with Gasteiger partial charge in [-0.3, -0.25) is 4.68 Å². The summed E-state index contributed by atoms with van der Waals surface area (Å²) in [5, 5.41) is 7.18. The van der Waals surface area contributed by atoms with Gasteiger partial charge < -0.3 is 15.1 Å². The molecule has 6 nitrogen and oxygen atoms in total. The van der Waals surface area contributed by atoms with Crippen LogP contribution in [0.2, 0.25) is 0 Å². The highest BCUT2D eigenvalue weighted by atomic mass is 16.2. The maximum absolute atomic E-state index is 12.2. The molecule has 0 spiro atoms. The molecule has 1 aromatic heterocycles. The van der Waals surface area contributed by atoms with E-state index < -0.39 is 0 Å². The van der Waals surface area contributed by atoms with Crippen LogP contribution in [0.1, 0.15) is 24.9 Å². The van der Waals surface area contributed by atoms with Gasteiger partial charge in [-0.1, -0.05) is 0 Å². The van der Waals surface area contributed by atoms with Crippen LogP contribution in [0, 0.1) is 5.92 Å². The normalized spacial score (nSPS) is 20.4. The van der Waals surface area contributed by atoms with Crippen molar-refractivity contribution in [3.8, 4) is 0 Å². The number of nitrogens with zero attached hydrogens (tertiary/aromatic N) is 4. The molecule has 1 aliphatic rings. The molecule has 2 amide bonds. The molecule has 1 N–H and O–H groups in total. The van der Waals surface area contributed by atoms with Crippen LogP contribution in [0.25, 0.3) is 0 Å². The standard InChI is InChI=1S/C14H25N5O/c1-11(13-7-15-18(4)10-13)16-14(20)19-6-5-12(9-19)8-17(2)3/h7,10-12H,5-6,8-9H2,1-4H3,(H,16,20). The number of likely N-dealkylation sites (tertiary alicyclic amines) is 1. The first kappa shape index (κ1) is 14.8. The summed E-state index contributed by atoms with van der Waals surface area (Å²) in [6, 6.07) is 0.0201. The fraction of sp³-hybridized carbons (Fsp3) is 0.714. The van der Waals surface area contributed by atoms with E-state index in [9.17, 15) is 4.79 Å². The largest absolute Gasteiger partial charge is 0.331 e. The van der Waals surface area contributed by atoms with Crippen molar-refractivity contribution in [3.05, 3.63) is 18.0 Å². The van der Waals surface area contributed by atoms with Crippen LogP contribution < -0.4 is 5.32 Å². The van der Waals surface area contributed by atoms with Crippen LogP contribution >= 0.6 is 0 Å². The number of hydrogen-bond donors (Lipinski definition) is 1. The topological polar surface area (TPSA) is 53.4 Å². The van der Waals surface area contributed by atoms with Crippen molar-refractivity contribution >= 4 is 6.03 Å². The number of carbonyl (C=O) groups excluding carboxylic acids is 1. The van der Waals surface area contributed by atoms with Crippen molar-refractivity contribution in [2.75, 3.05) is 33.7 Å². The Hall–Kier alpha value is -1.56. The molecule has 20 heavy (non-hydrogen) atoms. The first-order chi connectivity index (χ1) is 9.45. The molecule has 6 heteroatoms. The highest BCUT2D eigenvalue weighted by Crippen LogP contribution is 2.18. The molecule has 1 aromatic rings. The third kappa shape index (κ3) is 3.72. The van der Waals surface area contributed by atoms with Crippen LogP contribution in [0.15, 0.2) is 12.4 Å². The van der Waals surface area contributed by atoms with Gasteiger partial charge in [-0.05, 0) is 33.4 Å². The van der Waals surface area contributed by atoms with Gasteiger partial charge in [0.05, 0.1) is 12.2 Å². The van der Waals surface area contributed by atoms with Gasteiger partial charge in [0.1, 0.15) is 0 Å². The van der Waals surface area contributed by atoms with Crippen LogP contribution in [0.5, 0.6) is 0 Å². The minimum atomic E-state index is -0.0101. The van der Waals surface area contributed by atoms with Gasteiger partial charge in [-0.2, -0.15) is 5.10 Å². The number of aromatic nitrogens is 2. The second-order valence-electron chi connectivity index (χ2n) is 5.98. The zero-order valence-electron chi connectivity index (χ0n) is 12.8. The smallest absolute Gasteiger partial charge is 0.317 e. The number of amides is 2. The van der Waals surface area contributed by atoms with Crippen LogP contribution in [-0.4, -0.2) is 59.3 Å². The van der Waals surface area contributed by atoms with E-state index in [1.54, 1.807) is 10.9 Å². The SMILES string of the molecule is CC(NC(=O)N1CCC(CN(C)C)C1)c1cnn(C)c1. The lowest BCUT2D eigenvalue weighted by molar-refractivity contribution is 0.202. The van der Waals surface area contributed by atoms with E-state index in [0.29, 0.717) is 5.92 Å². The molecule has 0 radical (unpaired) electrons. The lowest BCUT2D eigenvalue weighted by Gasteiger charge is -2.21. The highest BCUT2D eigenvalue weighted by Gasteiger charge is 2.27. The first-order valence-corrected chi connectivity index (χ1v) is 7.14. The Kier molecular flexibility index (Phi) is 4.65. The summed E-state index contributed by atoms with van der Waals surface area (Å²) in [5.41, 5.74) is 1.03. The summed E-state index contributed by atoms with van der Waals surface area (Å²) >= 11 is 0. The minimum absolute atomic E-state index is 0.0101. The number of aryl methyl sites for hydroxylation is 1. The second kappa shape index (κ2) is 6.26. The van der Waals surface area contributed by atoms with E-state index >= 15 is 0 Å². The Bertz CT molecular complexity index is 456. The third-order valence-corrected chi connectivity index (χ3v) is 3.76. The van der Waals surface area contributed by atoms with Crippen LogP contribution in [0.4, 0.5) is 4.79 Å². The van der Waals surface area contributed by atoms with Crippen molar-refractivity contribution in [2.24, 2.45) is 13.0 Å². The maximum atomic E-state index is 12.2. The van der Waals surface area contributed by atoms with Gasteiger partial charge >= 0.3 is 6.03 Å². The zero-order chi connectivity index (χ0) is 14.7. The van der Waals surface area contributed by atoms with Crippen molar-refractivity contribution in [3.63, 3.8) is 0 Å². The number of carbonyl (C=O) groups is 1. The summed E-state index contributed by atoms with van der Waals surface area (Å²) in [4.78, 5) is 16.3. The summed E-state index contributed by atoms with van der Waals surface area (Å²) in [5.74, 6) is 0.587. The van der Waals surface area contributed by atoms with Crippen LogP contribution in [-0.2, 0) is 7.05 Å². The molecule has 1 fully saturated rings. The maximum Gasteiger partial charge on any atom is 0.317 e. The molecular weight excluding hydrogens is 254 g/mol. The van der Waals surface area contributed by atoms with Crippen molar-refractivity contribution in [1.29, 1.82) is 0 Å². The second-order valence-corrected chi connectivity index (χ2v) is 5.98. The van der Waals surface area contributed by atoms with E-state index in [4.69, 9.17) is 0 Å². The molecule has 2 rings (SSSR count). The predicted molar refractivity (Wildman–Crippen MR) is 78.4 cm³/mol. The molecular formula is C14H25N5O. The molecule has 0 saturated carbocycles. The predicted octanol–water partition coefficient (Wildman–Crippen LogP) is 1.07. The third-order valence-electron chi connectivity index (χ3n) is 3.76. The molecule has 1 aliphatic heterocycles. The monoisotopic (exact) mass is 279 g/mol.